The van der Waals surface area contributed by atoms with Gasteiger partial charge < -0.3 is 10.4 Å². The van der Waals surface area contributed by atoms with Crippen molar-refractivity contribution in [1.82, 2.24) is 20.3 Å². The van der Waals surface area contributed by atoms with E-state index < -0.39 is 11.4 Å². The molecule has 1 aromatic carbocycles. The highest BCUT2D eigenvalue weighted by Gasteiger charge is 2.26. The number of benzene rings is 1. The molecular formula is C15H18N4O3. The molecule has 0 unspecified atom stereocenters. The third kappa shape index (κ3) is 3.69. The molecule has 0 aliphatic rings. The van der Waals surface area contributed by atoms with Crippen molar-refractivity contribution >= 4 is 11.9 Å². The molecule has 0 fully saturated rings. The summed E-state index contributed by atoms with van der Waals surface area (Å²) < 4.78 is 1.59. The summed E-state index contributed by atoms with van der Waals surface area (Å²) >= 11 is 0. The zero-order chi connectivity index (χ0) is 16.2. The van der Waals surface area contributed by atoms with Gasteiger partial charge in [-0.3, -0.25) is 9.59 Å². The van der Waals surface area contributed by atoms with Crippen LogP contribution < -0.4 is 5.32 Å². The standard InChI is InChI=1S/C15H18N4O3/c1-15(2,14(21)22)7-8-16-13(20)11-3-5-12(6-4-11)19-10-9-17-18-19/h3-6,9-10H,7-8H2,1-2H3,(H,16,20)(H,21,22). The van der Waals surface area contributed by atoms with Crippen LogP contribution in [0.25, 0.3) is 5.69 Å². The lowest BCUT2D eigenvalue weighted by molar-refractivity contribution is -0.147. The fourth-order valence-electron chi connectivity index (χ4n) is 1.81. The summed E-state index contributed by atoms with van der Waals surface area (Å²) in [4.78, 5) is 23.0. The van der Waals surface area contributed by atoms with Crippen LogP contribution >= 0.6 is 0 Å². The highest BCUT2D eigenvalue weighted by Crippen LogP contribution is 2.19. The molecule has 0 atom stereocenters. The zero-order valence-corrected chi connectivity index (χ0v) is 12.5. The van der Waals surface area contributed by atoms with Crippen LogP contribution in [0, 0.1) is 5.41 Å². The van der Waals surface area contributed by atoms with Crippen LogP contribution in [0.5, 0.6) is 0 Å². The second-order valence-corrected chi connectivity index (χ2v) is 5.59. The summed E-state index contributed by atoms with van der Waals surface area (Å²) in [5.74, 6) is -1.11. The van der Waals surface area contributed by atoms with Gasteiger partial charge in [-0.05, 0) is 44.5 Å². The first kappa shape index (κ1) is 15.7. The smallest absolute Gasteiger partial charge is 0.309 e. The van der Waals surface area contributed by atoms with Gasteiger partial charge in [0.25, 0.3) is 5.91 Å². The molecule has 0 spiro atoms. The van der Waals surface area contributed by atoms with Crippen molar-refractivity contribution in [2.24, 2.45) is 5.41 Å². The number of hydrogen-bond acceptors (Lipinski definition) is 4. The largest absolute Gasteiger partial charge is 0.481 e. The first-order valence-corrected chi connectivity index (χ1v) is 6.88. The fourth-order valence-corrected chi connectivity index (χ4v) is 1.81. The second kappa shape index (κ2) is 6.38. The summed E-state index contributed by atoms with van der Waals surface area (Å²) in [6, 6.07) is 6.92. The van der Waals surface area contributed by atoms with Gasteiger partial charge >= 0.3 is 5.97 Å². The normalized spacial score (nSPS) is 11.2. The van der Waals surface area contributed by atoms with Gasteiger partial charge in [-0.2, -0.15) is 0 Å². The van der Waals surface area contributed by atoms with E-state index >= 15 is 0 Å². The number of hydrogen-bond donors (Lipinski definition) is 2. The fraction of sp³-hybridized carbons (Fsp3) is 0.333. The van der Waals surface area contributed by atoms with Crippen molar-refractivity contribution in [1.29, 1.82) is 0 Å². The Bertz CT molecular complexity index is 648. The van der Waals surface area contributed by atoms with E-state index in [4.69, 9.17) is 5.11 Å². The maximum absolute atomic E-state index is 12.0. The minimum absolute atomic E-state index is 0.230. The summed E-state index contributed by atoms with van der Waals surface area (Å²) in [6.45, 7) is 3.58. The Morgan fingerprint density at radius 3 is 2.50 bits per heavy atom. The zero-order valence-electron chi connectivity index (χ0n) is 12.5. The van der Waals surface area contributed by atoms with Gasteiger partial charge in [0.2, 0.25) is 0 Å². The maximum atomic E-state index is 12.0. The van der Waals surface area contributed by atoms with Gasteiger partial charge in [-0.25, -0.2) is 4.68 Å². The molecule has 0 bridgehead atoms. The second-order valence-electron chi connectivity index (χ2n) is 5.59. The lowest BCUT2D eigenvalue weighted by atomic mass is 9.90. The molecule has 2 N–H and O–H groups in total. The summed E-state index contributed by atoms with van der Waals surface area (Å²) in [6.07, 6.45) is 3.65. The van der Waals surface area contributed by atoms with E-state index in [9.17, 15) is 9.59 Å². The van der Waals surface area contributed by atoms with Crippen LogP contribution in [0.15, 0.2) is 36.7 Å². The van der Waals surface area contributed by atoms with Gasteiger partial charge in [0, 0.05) is 12.1 Å². The molecule has 1 amide bonds. The minimum Gasteiger partial charge on any atom is -0.481 e. The van der Waals surface area contributed by atoms with Gasteiger partial charge in [0.15, 0.2) is 0 Å². The number of carbonyl (C=O) groups is 2. The Balaban J connectivity index is 1.92. The molecule has 1 aromatic heterocycles. The van der Waals surface area contributed by atoms with Gasteiger partial charge in [0.05, 0.1) is 23.5 Å². The van der Waals surface area contributed by atoms with Crippen molar-refractivity contribution in [3.05, 3.63) is 42.2 Å². The molecule has 2 rings (SSSR count). The van der Waals surface area contributed by atoms with Crippen molar-refractivity contribution in [2.75, 3.05) is 6.54 Å². The number of nitrogens with one attached hydrogen (secondary N) is 1. The van der Waals surface area contributed by atoms with Crippen molar-refractivity contribution in [2.45, 2.75) is 20.3 Å². The average molecular weight is 302 g/mol. The number of nitrogens with zero attached hydrogens (tertiary/aromatic N) is 3. The number of aliphatic carboxylic acids is 1. The number of carboxylic acid groups (broad SMARTS) is 1. The molecular weight excluding hydrogens is 284 g/mol. The van der Waals surface area contributed by atoms with Crippen molar-refractivity contribution < 1.29 is 14.7 Å². The first-order chi connectivity index (χ1) is 10.4. The summed E-state index contributed by atoms with van der Waals surface area (Å²) in [5, 5.41) is 19.3. The topological polar surface area (TPSA) is 97.1 Å². The molecule has 22 heavy (non-hydrogen) atoms. The predicted octanol–water partition coefficient (Wildman–Crippen LogP) is 1.50. The number of rotatable bonds is 6. The summed E-state index contributed by atoms with van der Waals surface area (Å²) in [5.41, 5.74) is 0.461. The summed E-state index contributed by atoms with van der Waals surface area (Å²) in [7, 11) is 0. The lowest BCUT2D eigenvalue weighted by Gasteiger charge is -2.18. The number of carboxylic acids is 1. The van der Waals surface area contributed by atoms with Crippen LogP contribution in [0.2, 0.25) is 0 Å². The first-order valence-electron chi connectivity index (χ1n) is 6.88. The van der Waals surface area contributed by atoms with E-state index in [0.29, 0.717) is 18.5 Å². The SMILES string of the molecule is CC(C)(CCNC(=O)c1ccc(-n2ccnn2)cc1)C(=O)O. The van der Waals surface area contributed by atoms with Crippen LogP contribution in [0.4, 0.5) is 0 Å². The number of aromatic nitrogens is 3. The molecule has 7 nitrogen and oxygen atoms in total. The van der Waals surface area contributed by atoms with E-state index in [1.54, 1.807) is 55.2 Å². The van der Waals surface area contributed by atoms with Crippen molar-refractivity contribution in [3.8, 4) is 5.69 Å². The van der Waals surface area contributed by atoms with Crippen LogP contribution in [0.1, 0.15) is 30.6 Å². The maximum Gasteiger partial charge on any atom is 0.309 e. The number of carbonyl (C=O) groups excluding carboxylic acids is 1. The molecule has 116 valence electrons. The Kier molecular flexibility index (Phi) is 4.55. The van der Waals surface area contributed by atoms with Crippen molar-refractivity contribution in [3.63, 3.8) is 0 Å². The molecule has 2 aromatic rings. The van der Waals surface area contributed by atoms with Crippen LogP contribution in [-0.2, 0) is 4.79 Å². The van der Waals surface area contributed by atoms with Gasteiger partial charge in [0.1, 0.15) is 0 Å². The highest BCUT2D eigenvalue weighted by atomic mass is 16.4. The van der Waals surface area contributed by atoms with Crippen LogP contribution in [-0.4, -0.2) is 38.5 Å². The average Bonchev–Trinajstić information content (AvgIpc) is 3.01. The Hall–Kier alpha value is -2.70. The van der Waals surface area contributed by atoms with Gasteiger partial charge in [-0.1, -0.05) is 5.21 Å². The molecule has 0 aliphatic carbocycles. The molecule has 0 saturated heterocycles. The van der Waals surface area contributed by atoms with E-state index in [1.807, 2.05) is 0 Å². The molecule has 0 aliphatic heterocycles. The molecule has 0 saturated carbocycles. The van der Waals surface area contributed by atoms with Gasteiger partial charge in [-0.15, -0.1) is 5.10 Å². The van der Waals surface area contributed by atoms with E-state index in [2.05, 4.69) is 15.6 Å². The van der Waals surface area contributed by atoms with E-state index in [1.165, 1.54) is 0 Å². The predicted molar refractivity (Wildman–Crippen MR) is 79.7 cm³/mol. The highest BCUT2D eigenvalue weighted by molar-refractivity contribution is 5.94. The Labute approximate surface area is 128 Å². The lowest BCUT2D eigenvalue weighted by Crippen LogP contribution is -2.31. The quantitative estimate of drug-likeness (QED) is 0.842. The Morgan fingerprint density at radius 2 is 1.95 bits per heavy atom. The van der Waals surface area contributed by atoms with E-state index in [0.717, 1.165) is 5.69 Å². The Morgan fingerprint density at radius 1 is 1.27 bits per heavy atom. The minimum atomic E-state index is -0.876. The molecule has 0 radical (unpaired) electrons. The molecule has 1 heterocycles. The third-order valence-electron chi connectivity index (χ3n) is 3.43. The van der Waals surface area contributed by atoms with E-state index in [-0.39, 0.29) is 5.91 Å². The third-order valence-corrected chi connectivity index (χ3v) is 3.43. The molecule has 7 heteroatoms. The monoisotopic (exact) mass is 302 g/mol. The number of amides is 1. The van der Waals surface area contributed by atoms with Crippen LogP contribution in [0.3, 0.4) is 0 Å².